The van der Waals surface area contributed by atoms with E-state index in [0.29, 0.717) is 51.5 Å². The van der Waals surface area contributed by atoms with Gasteiger partial charge in [0.1, 0.15) is 11.6 Å². The van der Waals surface area contributed by atoms with Gasteiger partial charge in [-0.2, -0.15) is 18.6 Å². The summed E-state index contributed by atoms with van der Waals surface area (Å²) in [5, 5.41) is 22.8. The summed E-state index contributed by atoms with van der Waals surface area (Å²) < 4.78 is 31.4. The van der Waals surface area contributed by atoms with Crippen molar-refractivity contribution in [2.24, 2.45) is 80.8 Å². The van der Waals surface area contributed by atoms with Gasteiger partial charge in [0.15, 0.2) is 0 Å². The molecule has 7 nitrogen and oxygen atoms in total. The number of hydrogen-bond acceptors (Lipinski definition) is 6. The Labute approximate surface area is 469 Å². The minimum Gasteiger partial charge on any atom is -1.00 e. The minimum atomic E-state index is -0.488. The fourth-order valence-corrected chi connectivity index (χ4v) is 18.1. The summed E-state index contributed by atoms with van der Waals surface area (Å²) >= 11 is 0. The van der Waals surface area contributed by atoms with Gasteiger partial charge in [0.25, 0.3) is 0 Å². The van der Waals surface area contributed by atoms with Crippen molar-refractivity contribution < 1.29 is 50.6 Å². The molecule has 412 valence electrons. The van der Waals surface area contributed by atoms with E-state index in [1.165, 1.54) is 87.8 Å². The van der Waals surface area contributed by atoms with E-state index >= 15 is 0 Å². The summed E-state index contributed by atoms with van der Waals surface area (Å²) in [7, 11) is 3.34. The SMILES string of the molecule is C.C1CCOC1.CON(C)C(=O)[C@H]1CC[C@H]2[C@@H]3CC[C@H]4C[C@](C)(O)CC[C@]4(C)[C@H]3CC[C@]12C.C[C@@]1(O)CC[C@@]2(C)[C@H](CC[C@@H]3[C@@H]2CC[C@]2(C)[C@@H](C(=O)Cc4ccccc4F)CC[C@@H]32)C1.[CH2-]c1ccccc1F.[Cl-].[Mg+2]. The summed E-state index contributed by atoms with van der Waals surface area (Å²) in [5.41, 5.74) is 0.997. The second-order valence-electron chi connectivity index (χ2n) is 26.2. The average molecular weight is 1060 g/mol. The number of fused-ring (bicyclic) bond motifs is 10. The Morgan fingerprint density at radius 2 is 1.08 bits per heavy atom. The van der Waals surface area contributed by atoms with E-state index in [9.17, 15) is 28.6 Å². The number of benzene rings is 2. The van der Waals surface area contributed by atoms with Crippen LogP contribution in [0.25, 0.3) is 0 Å². The second kappa shape index (κ2) is 25.1. The standard InChI is InChI=1S/C28H39FO2.C23H39NO3.C7H6F.C4H8O.CH4.ClH.Mg/c1-26(31)14-15-27(2)19(17-26)8-9-20-21-10-11-23(28(21,3)13-12-22(20)27)25(30)16-18-6-4-5-7-24(18)29;1-21(26)12-13-22(2)15(14-21)6-7-16-17-8-9-19(20(25)24(4)27-5)23(17,3)11-10-18(16)22;1-6-4-2-3-5-7(6)8;1-2-4-5-3-1;;;/h4-7,19-23,31H,8-17H2,1-3H3;15-19,26H,6-14H2,1-5H3;2-5H,1H2;1-4H2;1H4;1H;/q;;-1;;;;+2/p-1/t19-,20+,21+,22+,23-,26-,27+,28+;15-,16-,17-,18-,19+,21+,22-,23-;;;;;/m10...../s1. The van der Waals surface area contributed by atoms with Gasteiger partial charge < -0.3 is 27.4 Å². The van der Waals surface area contributed by atoms with Crippen LogP contribution in [0.3, 0.4) is 0 Å². The molecule has 0 spiro atoms. The summed E-state index contributed by atoms with van der Waals surface area (Å²) in [6.45, 7) is 19.3. The number of rotatable bonds is 5. The number of ketones is 1. The molecule has 2 aromatic carbocycles. The third kappa shape index (κ3) is 12.6. The molecule has 8 saturated carbocycles. The number of amides is 1. The fraction of sp³-hybridized carbons (Fsp3) is 0.762. The maximum atomic E-state index is 14.2. The smallest absolute Gasteiger partial charge is 1.00 e. The molecular weight excluding hydrogens is 964 g/mol. The van der Waals surface area contributed by atoms with E-state index in [-0.39, 0.29) is 95.3 Å². The molecule has 11 rings (SSSR count). The van der Waals surface area contributed by atoms with Crippen LogP contribution in [0.5, 0.6) is 0 Å². The van der Waals surface area contributed by atoms with Crippen molar-refractivity contribution in [3.63, 3.8) is 0 Å². The number of halogens is 3. The molecule has 2 N–H and O–H groups in total. The van der Waals surface area contributed by atoms with Crippen molar-refractivity contribution in [2.75, 3.05) is 27.4 Å². The van der Waals surface area contributed by atoms with Crippen molar-refractivity contribution in [3.8, 4) is 0 Å². The van der Waals surface area contributed by atoms with E-state index in [0.717, 1.165) is 88.8 Å². The zero-order valence-electron chi connectivity index (χ0n) is 46.2. The predicted octanol–water partition coefficient (Wildman–Crippen LogP) is 10.8. The van der Waals surface area contributed by atoms with Gasteiger partial charge in [-0.05, 0) is 223 Å². The normalized spacial score (nSPS) is 41.1. The van der Waals surface area contributed by atoms with Gasteiger partial charge in [-0.15, -0.1) is 6.07 Å². The van der Waals surface area contributed by atoms with Crippen LogP contribution in [-0.2, 0) is 25.6 Å². The van der Waals surface area contributed by atoms with Crippen molar-refractivity contribution >= 4 is 34.7 Å². The van der Waals surface area contributed by atoms with E-state index in [1.54, 1.807) is 44.5 Å². The van der Waals surface area contributed by atoms with Crippen molar-refractivity contribution in [3.05, 3.63) is 78.2 Å². The van der Waals surface area contributed by atoms with Gasteiger partial charge >= 0.3 is 23.1 Å². The van der Waals surface area contributed by atoms with E-state index in [4.69, 9.17) is 9.57 Å². The first-order valence-electron chi connectivity index (χ1n) is 28.2. The van der Waals surface area contributed by atoms with Crippen molar-refractivity contribution in [2.45, 2.75) is 195 Å². The van der Waals surface area contributed by atoms with Crippen LogP contribution in [0.1, 0.15) is 189 Å². The Morgan fingerprint density at radius 3 is 1.51 bits per heavy atom. The third-order valence-electron chi connectivity index (χ3n) is 22.3. The third-order valence-corrected chi connectivity index (χ3v) is 22.3. The Bertz CT molecular complexity index is 2140. The maximum Gasteiger partial charge on any atom is 2.00 e. The molecule has 1 saturated heterocycles. The van der Waals surface area contributed by atoms with Crippen LogP contribution >= 0.6 is 0 Å². The van der Waals surface area contributed by atoms with Gasteiger partial charge in [-0.25, -0.2) is 9.45 Å². The Morgan fingerprint density at radius 1 is 0.635 bits per heavy atom. The van der Waals surface area contributed by atoms with E-state index in [1.807, 2.05) is 19.9 Å². The number of hydrogen-bond donors (Lipinski definition) is 2. The van der Waals surface area contributed by atoms with E-state index < -0.39 is 11.2 Å². The predicted molar refractivity (Wildman–Crippen MR) is 290 cm³/mol. The zero-order chi connectivity index (χ0) is 51.1. The minimum absolute atomic E-state index is 0. The summed E-state index contributed by atoms with van der Waals surface area (Å²) in [5.74, 6) is 5.74. The van der Waals surface area contributed by atoms with Crippen molar-refractivity contribution in [1.82, 2.24) is 5.06 Å². The average Bonchev–Trinajstić information content (AvgIpc) is 4.12. The van der Waals surface area contributed by atoms with Crippen LogP contribution in [-0.4, -0.2) is 88.6 Å². The zero-order valence-corrected chi connectivity index (χ0v) is 48.3. The first-order chi connectivity index (χ1) is 33.6. The molecule has 9 fully saturated rings. The molecule has 0 unspecified atom stereocenters. The van der Waals surface area contributed by atoms with Gasteiger partial charge in [-0.1, -0.05) is 65.5 Å². The number of nitrogens with zero attached hydrogens (tertiary/aromatic N) is 1. The molecule has 1 aliphatic heterocycles. The molecule has 8 aliphatic carbocycles. The molecule has 74 heavy (non-hydrogen) atoms. The summed E-state index contributed by atoms with van der Waals surface area (Å²) in [4.78, 5) is 31.5. The number of carbonyl (C=O) groups excluding carboxylic acids is 2. The number of Topliss-reactive ketones (excluding diaryl/α,β-unsaturated/α-hetero) is 1. The first kappa shape index (κ1) is 63.0. The maximum absolute atomic E-state index is 14.2. The molecule has 1 heterocycles. The fourth-order valence-electron chi connectivity index (χ4n) is 18.1. The molecule has 9 aliphatic rings. The quantitative estimate of drug-likeness (QED) is 0.176. The van der Waals surface area contributed by atoms with Gasteiger partial charge in [0, 0.05) is 44.3 Å². The van der Waals surface area contributed by atoms with Crippen molar-refractivity contribution in [1.29, 1.82) is 0 Å². The molecule has 0 radical (unpaired) electrons. The molecule has 2 aromatic rings. The van der Waals surface area contributed by atoms with Gasteiger partial charge in [-0.3, -0.25) is 18.8 Å². The number of aliphatic hydroxyl groups is 2. The topological polar surface area (TPSA) is 96.3 Å². The number of hydroxylamine groups is 2. The summed E-state index contributed by atoms with van der Waals surface area (Å²) in [6.07, 6.45) is 23.1. The van der Waals surface area contributed by atoms with Gasteiger partial charge in [0.05, 0.1) is 18.3 Å². The molecule has 11 heteroatoms. The van der Waals surface area contributed by atoms with Crippen LogP contribution in [0, 0.1) is 99.4 Å². The van der Waals surface area contributed by atoms with Gasteiger partial charge in [0.2, 0.25) is 5.91 Å². The molecular formula is C63H96ClF2MgNO6. The van der Waals surface area contributed by atoms with Crippen LogP contribution in [0.2, 0.25) is 0 Å². The molecule has 0 bridgehead atoms. The second-order valence-corrected chi connectivity index (χ2v) is 26.2. The number of carbonyl (C=O) groups is 2. The molecule has 0 aromatic heterocycles. The Hall–Kier alpha value is -1.79. The largest absolute Gasteiger partial charge is 2.00 e. The van der Waals surface area contributed by atoms with Crippen LogP contribution in [0.15, 0.2) is 48.5 Å². The van der Waals surface area contributed by atoms with Crippen LogP contribution in [0.4, 0.5) is 8.78 Å². The van der Waals surface area contributed by atoms with E-state index in [2.05, 4.69) is 34.6 Å². The number of ether oxygens (including phenoxy) is 1. The molecule has 1 amide bonds. The molecule has 16 atom stereocenters. The van der Waals surface area contributed by atoms with Crippen LogP contribution < -0.4 is 12.4 Å². The Kier molecular flexibility index (Phi) is 21.4. The summed E-state index contributed by atoms with van der Waals surface area (Å²) in [6, 6.07) is 13.2. The Balaban J connectivity index is 0.000000214. The first-order valence-corrected chi connectivity index (χ1v) is 28.2. The monoisotopic (exact) mass is 1060 g/mol.